The Kier molecular flexibility index (Phi) is 5.03. The van der Waals surface area contributed by atoms with E-state index < -0.39 is 4.92 Å². The number of halogens is 2. The number of rotatable bonds is 5. The Balaban J connectivity index is 2.24. The van der Waals surface area contributed by atoms with Gasteiger partial charge in [0, 0.05) is 22.1 Å². The van der Waals surface area contributed by atoms with Crippen LogP contribution in [0.3, 0.4) is 0 Å². The molecule has 0 atom stereocenters. The van der Waals surface area contributed by atoms with E-state index in [4.69, 9.17) is 16.3 Å². The minimum Gasteiger partial charge on any atom is -0.497 e. The van der Waals surface area contributed by atoms with Crippen molar-refractivity contribution in [1.29, 1.82) is 0 Å². The number of methoxy groups -OCH3 is 1. The highest BCUT2D eigenvalue weighted by Crippen LogP contribution is 2.29. The fourth-order valence-electron chi connectivity index (χ4n) is 1.81. The summed E-state index contributed by atoms with van der Waals surface area (Å²) in [5.74, 6) is 0.718. The molecule has 0 saturated carbocycles. The predicted molar refractivity (Wildman–Crippen MR) is 86.1 cm³/mol. The molecule has 0 spiro atoms. The van der Waals surface area contributed by atoms with E-state index in [9.17, 15) is 10.1 Å². The van der Waals surface area contributed by atoms with E-state index in [0.29, 0.717) is 17.3 Å². The van der Waals surface area contributed by atoms with Gasteiger partial charge in [0.25, 0.3) is 5.69 Å². The van der Waals surface area contributed by atoms with Gasteiger partial charge in [-0.25, -0.2) is 0 Å². The second-order valence-electron chi connectivity index (χ2n) is 4.23. The van der Waals surface area contributed by atoms with Crippen LogP contribution in [0.2, 0.25) is 5.02 Å². The molecule has 7 heteroatoms. The van der Waals surface area contributed by atoms with E-state index in [-0.39, 0.29) is 5.69 Å². The van der Waals surface area contributed by atoms with Gasteiger partial charge in [-0.15, -0.1) is 0 Å². The second kappa shape index (κ2) is 6.78. The first-order chi connectivity index (χ1) is 10.0. The van der Waals surface area contributed by atoms with Gasteiger partial charge < -0.3 is 10.1 Å². The molecule has 2 aromatic rings. The van der Waals surface area contributed by atoms with Gasteiger partial charge in [0.2, 0.25) is 0 Å². The van der Waals surface area contributed by atoms with Crippen LogP contribution in [0.15, 0.2) is 40.9 Å². The van der Waals surface area contributed by atoms with Crippen molar-refractivity contribution in [3.63, 3.8) is 0 Å². The summed E-state index contributed by atoms with van der Waals surface area (Å²) in [6, 6.07) is 9.95. The largest absolute Gasteiger partial charge is 0.497 e. The average Bonchev–Trinajstić information content (AvgIpc) is 2.46. The molecule has 0 aliphatic heterocycles. The lowest BCUT2D eigenvalue weighted by Gasteiger charge is -2.10. The molecule has 2 aromatic carbocycles. The molecule has 2 rings (SSSR count). The van der Waals surface area contributed by atoms with Gasteiger partial charge in [-0.05, 0) is 35.9 Å². The summed E-state index contributed by atoms with van der Waals surface area (Å²) in [4.78, 5) is 10.6. The SMILES string of the molecule is COc1ccc(Br)c(CNc2cc(Cl)ccc2[N+](=O)[O-])c1. The van der Waals surface area contributed by atoms with Gasteiger partial charge in [-0.2, -0.15) is 0 Å². The highest BCUT2D eigenvalue weighted by atomic mass is 79.9. The number of ether oxygens (including phenoxy) is 1. The highest BCUT2D eigenvalue weighted by molar-refractivity contribution is 9.10. The second-order valence-corrected chi connectivity index (χ2v) is 5.52. The molecule has 0 fully saturated rings. The number of nitro benzene ring substituents is 1. The van der Waals surface area contributed by atoms with Crippen LogP contribution in [-0.4, -0.2) is 12.0 Å². The number of nitro groups is 1. The van der Waals surface area contributed by atoms with E-state index in [1.54, 1.807) is 7.11 Å². The zero-order valence-corrected chi connectivity index (χ0v) is 13.4. The van der Waals surface area contributed by atoms with Crippen molar-refractivity contribution in [2.75, 3.05) is 12.4 Å². The highest BCUT2D eigenvalue weighted by Gasteiger charge is 2.14. The third-order valence-corrected chi connectivity index (χ3v) is 3.89. The summed E-state index contributed by atoms with van der Waals surface area (Å²) in [7, 11) is 1.59. The van der Waals surface area contributed by atoms with Gasteiger partial charge in [0.05, 0.1) is 12.0 Å². The van der Waals surface area contributed by atoms with Crippen molar-refractivity contribution >= 4 is 38.9 Å². The number of anilines is 1. The maximum absolute atomic E-state index is 11.0. The van der Waals surface area contributed by atoms with E-state index in [1.807, 2.05) is 18.2 Å². The molecule has 0 unspecified atom stereocenters. The molecule has 21 heavy (non-hydrogen) atoms. The molecule has 0 aliphatic rings. The lowest BCUT2D eigenvalue weighted by atomic mass is 10.2. The average molecular weight is 372 g/mol. The van der Waals surface area contributed by atoms with Crippen LogP contribution in [-0.2, 0) is 6.54 Å². The van der Waals surface area contributed by atoms with E-state index in [1.165, 1.54) is 18.2 Å². The third-order valence-electron chi connectivity index (χ3n) is 2.88. The van der Waals surface area contributed by atoms with Crippen LogP contribution in [0, 0.1) is 10.1 Å². The van der Waals surface area contributed by atoms with Crippen molar-refractivity contribution < 1.29 is 9.66 Å². The zero-order valence-electron chi connectivity index (χ0n) is 11.1. The Morgan fingerprint density at radius 3 is 2.76 bits per heavy atom. The topological polar surface area (TPSA) is 64.4 Å². The molecule has 0 amide bonds. The van der Waals surface area contributed by atoms with E-state index in [2.05, 4.69) is 21.2 Å². The smallest absolute Gasteiger partial charge is 0.292 e. The van der Waals surface area contributed by atoms with Crippen molar-refractivity contribution in [3.8, 4) is 5.75 Å². The molecule has 0 aromatic heterocycles. The first-order valence-electron chi connectivity index (χ1n) is 6.01. The Morgan fingerprint density at radius 2 is 2.10 bits per heavy atom. The van der Waals surface area contributed by atoms with Gasteiger partial charge in [0.1, 0.15) is 11.4 Å². The molecule has 0 bridgehead atoms. The van der Waals surface area contributed by atoms with Gasteiger partial charge in [0.15, 0.2) is 0 Å². The first kappa shape index (κ1) is 15.6. The van der Waals surface area contributed by atoms with Gasteiger partial charge >= 0.3 is 0 Å². The number of nitrogens with one attached hydrogen (secondary N) is 1. The fourth-order valence-corrected chi connectivity index (χ4v) is 2.37. The molecule has 0 aliphatic carbocycles. The third kappa shape index (κ3) is 3.86. The van der Waals surface area contributed by atoms with E-state index >= 15 is 0 Å². The minimum absolute atomic E-state index is 0.0154. The molecular weight excluding hydrogens is 360 g/mol. The Labute approximate surface area is 135 Å². The van der Waals surface area contributed by atoms with Crippen molar-refractivity contribution in [2.45, 2.75) is 6.54 Å². The van der Waals surface area contributed by atoms with Gasteiger partial charge in [-0.3, -0.25) is 10.1 Å². The van der Waals surface area contributed by atoms with E-state index in [0.717, 1.165) is 15.8 Å². The minimum atomic E-state index is -0.445. The van der Waals surface area contributed by atoms with Crippen molar-refractivity contribution in [3.05, 3.63) is 61.6 Å². The maximum Gasteiger partial charge on any atom is 0.292 e. The van der Waals surface area contributed by atoms with Crippen LogP contribution < -0.4 is 10.1 Å². The molecule has 0 radical (unpaired) electrons. The summed E-state index contributed by atoms with van der Waals surface area (Å²) in [5, 5.41) is 14.5. The summed E-state index contributed by atoms with van der Waals surface area (Å²) in [6.07, 6.45) is 0. The monoisotopic (exact) mass is 370 g/mol. The Hall–Kier alpha value is -1.79. The number of hydrogen-bond donors (Lipinski definition) is 1. The molecule has 0 heterocycles. The van der Waals surface area contributed by atoms with Crippen molar-refractivity contribution in [1.82, 2.24) is 0 Å². The standard InChI is InChI=1S/C14H12BrClN2O3/c1-21-11-3-4-12(15)9(6-11)8-17-13-7-10(16)2-5-14(13)18(19)20/h2-7,17H,8H2,1H3. The van der Waals surface area contributed by atoms with Crippen LogP contribution in [0.25, 0.3) is 0 Å². The molecule has 110 valence electrons. The fraction of sp³-hybridized carbons (Fsp3) is 0.143. The van der Waals surface area contributed by atoms with Crippen LogP contribution in [0.1, 0.15) is 5.56 Å². The summed E-state index contributed by atoms with van der Waals surface area (Å²) < 4.78 is 6.05. The van der Waals surface area contributed by atoms with Crippen LogP contribution >= 0.6 is 27.5 Å². The van der Waals surface area contributed by atoms with Crippen LogP contribution in [0.5, 0.6) is 5.75 Å². The normalized spacial score (nSPS) is 10.2. The molecular formula is C14H12BrClN2O3. The quantitative estimate of drug-likeness (QED) is 0.614. The maximum atomic E-state index is 11.0. The van der Waals surface area contributed by atoms with Crippen LogP contribution in [0.4, 0.5) is 11.4 Å². The number of benzene rings is 2. The molecule has 1 N–H and O–H groups in total. The Bertz CT molecular complexity index is 679. The Morgan fingerprint density at radius 1 is 1.33 bits per heavy atom. The summed E-state index contributed by atoms with van der Waals surface area (Å²) >= 11 is 9.33. The lowest BCUT2D eigenvalue weighted by Crippen LogP contribution is -2.03. The van der Waals surface area contributed by atoms with Crippen molar-refractivity contribution in [2.24, 2.45) is 0 Å². The van der Waals surface area contributed by atoms with Gasteiger partial charge in [-0.1, -0.05) is 27.5 Å². The predicted octanol–water partition coefficient (Wildman–Crippen LogP) is 4.63. The number of nitrogens with zero attached hydrogens (tertiary/aromatic N) is 1. The molecule has 0 saturated heterocycles. The summed E-state index contributed by atoms with van der Waals surface area (Å²) in [6.45, 7) is 0.402. The first-order valence-corrected chi connectivity index (χ1v) is 7.18. The number of hydrogen-bond acceptors (Lipinski definition) is 4. The zero-order chi connectivity index (χ0) is 15.4. The summed E-state index contributed by atoms with van der Waals surface area (Å²) in [5.41, 5.74) is 1.28. The lowest BCUT2D eigenvalue weighted by molar-refractivity contribution is -0.384. The molecule has 5 nitrogen and oxygen atoms in total.